The van der Waals surface area contributed by atoms with Crippen LogP contribution >= 0.6 is 11.8 Å². The number of rotatable bonds is 7. The molecule has 3 rings (SSSR count). The van der Waals surface area contributed by atoms with Crippen molar-refractivity contribution < 1.29 is 9.53 Å². The van der Waals surface area contributed by atoms with Crippen LogP contribution in [0.4, 0.5) is 0 Å². The zero-order valence-electron chi connectivity index (χ0n) is 15.7. The number of methoxy groups -OCH3 is 1. The number of hydrogen-bond acceptors (Lipinski definition) is 4. The largest absolute Gasteiger partial charge is 0.496 e. The predicted molar refractivity (Wildman–Crippen MR) is 110 cm³/mol. The Balaban J connectivity index is 1.71. The fraction of sp³-hybridized carbons (Fsp3) is 0.182. The number of ketones is 1. The first kappa shape index (κ1) is 19.0. The average molecular weight is 378 g/mol. The van der Waals surface area contributed by atoms with Gasteiger partial charge in [-0.15, -0.1) is 11.8 Å². The number of nitrogens with zero attached hydrogens (tertiary/aromatic N) is 2. The third-order valence-corrected chi connectivity index (χ3v) is 5.44. The zero-order valence-corrected chi connectivity index (χ0v) is 16.5. The summed E-state index contributed by atoms with van der Waals surface area (Å²) in [5.41, 5.74) is 3.53. The number of ether oxygens (including phenoxy) is 1. The summed E-state index contributed by atoms with van der Waals surface area (Å²) >= 11 is 1.77. The second-order valence-electron chi connectivity index (χ2n) is 6.14. The number of carbonyl (C=O) groups excluding carboxylic acids is 1. The standard InChI is InChI=1S/C22H22N2O2S/c1-16-20(14-23-24(16)2)21(25)12-10-17-9-11-18(22(13-17)26-3)15-27-19-7-5-4-6-8-19/h4-14H,15H2,1-3H3/b12-10+. The molecule has 0 fully saturated rings. The quantitative estimate of drug-likeness (QED) is 0.332. The Labute approximate surface area is 163 Å². The molecular formula is C22H22N2O2S. The summed E-state index contributed by atoms with van der Waals surface area (Å²) in [7, 11) is 3.50. The average Bonchev–Trinajstić information content (AvgIpc) is 3.04. The van der Waals surface area contributed by atoms with E-state index in [1.165, 1.54) is 4.90 Å². The van der Waals surface area contributed by atoms with Crippen molar-refractivity contribution in [1.29, 1.82) is 0 Å². The molecule has 0 aliphatic heterocycles. The van der Waals surface area contributed by atoms with Crippen molar-refractivity contribution in [3.05, 3.63) is 83.2 Å². The summed E-state index contributed by atoms with van der Waals surface area (Å²) in [6, 6.07) is 16.3. The minimum absolute atomic E-state index is 0.0525. The maximum absolute atomic E-state index is 12.4. The van der Waals surface area contributed by atoms with E-state index in [9.17, 15) is 4.79 Å². The molecule has 0 unspecified atom stereocenters. The highest BCUT2D eigenvalue weighted by Crippen LogP contribution is 2.29. The van der Waals surface area contributed by atoms with Crippen molar-refractivity contribution in [3.8, 4) is 5.75 Å². The van der Waals surface area contributed by atoms with Crippen molar-refractivity contribution >= 4 is 23.6 Å². The number of thioether (sulfide) groups is 1. The van der Waals surface area contributed by atoms with E-state index in [0.29, 0.717) is 5.56 Å². The zero-order chi connectivity index (χ0) is 19.2. The lowest BCUT2D eigenvalue weighted by Gasteiger charge is -2.09. The molecule has 0 atom stereocenters. The molecule has 1 aromatic heterocycles. The predicted octanol–water partition coefficient (Wildman–Crippen LogP) is 4.93. The Morgan fingerprint density at radius 2 is 2.00 bits per heavy atom. The molecule has 3 aromatic rings. The van der Waals surface area contributed by atoms with Gasteiger partial charge >= 0.3 is 0 Å². The van der Waals surface area contributed by atoms with Gasteiger partial charge in [-0.3, -0.25) is 9.48 Å². The number of carbonyl (C=O) groups is 1. The lowest BCUT2D eigenvalue weighted by atomic mass is 10.1. The Morgan fingerprint density at radius 1 is 1.22 bits per heavy atom. The van der Waals surface area contributed by atoms with E-state index in [2.05, 4.69) is 17.2 Å². The summed E-state index contributed by atoms with van der Waals surface area (Å²) < 4.78 is 7.24. The highest BCUT2D eigenvalue weighted by atomic mass is 32.2. The van der Waals surface area contributed by atoms with E-state index < -0.39 is 0 Å². The second kappa shape index (κ2) is 8.73. The van der Waals surface area contributed by atoms with Gasteiger partial charge in [0.25, 0.3) is 0 Å². The molecule has 27 heavy (non-hydrogen) atoms. The maximum atomic E-state index is 12.4. The van der Waals surface area contributed by atoms with E-state index in [4.69, 9.17) is 4.74 Å². The first-order valence-electron chi connectivity index (χ1n) is 8.64. The van der Waals surface area contributed by atoms with Crippen molar-refractivity contribution in [2.24, 2.45) is 7.05 Å². The van der Waals surface area contributed by atoms with Crippen LogP contribution in [0.3, 0.4) is 0 Å². The number of hydrogen-bond donors (Lipinski definition) is 0. The molecule has 0 amide bonds. The highest BCUT2D eigenvalue weighted by molar-refractivity contribution is 7.98. The first-order chi connectivity index (χ1) is 13.1. The molecule has 0 bridgehead atoms. The molecular weight excluding hydrogens is 356 g/mol. The molecule has 0 radical (unpaired) electrons. The van der Waals surface area contributed by atoms with Crippen LogP contribution in [0.1, 0.15) is 27.2 Å². The van der Waals surface area contributed by atoms with E-state index in [1.807, 2.05) is 56.4 Å². The number of allylic oxidation sites excluding steroid dienone is 1. The first-order valence-corrected chi connectivity index (χ1v) is 9.63. The van der Waals surface area contributed by atoms with Gasteiger partial charge in [0.15, 0.2) is 5.78 Å². The van der Waals surface area contributed by atoms with Crippen LogP contribution in [0.5, 0.6) is 5.75 Å². The molecule has 0 N–H and O–H groups in total. The van der Waals surface area contributed by atoms with Crippen LogP contribution in [0, 0.1) is 6.92 Å². The van der Waals surface area contributed by atoms with Crippen molar-refractivity contribution in [2.75, 3.05) is 7.11 Å². The van der Waals surface area contributed by atoms with Crippen LogP contribution < -0.4 is 4.74 Å². The van der Waals surface area contributed by atoms with Gasteiger partial charge in [0.1, 0.15) is 5.75 Å². The highest BCUT2D eigenvalue weighted by Gasteiger charge is 2.10. The van der Waals surface area contributed by atoms with Gasteiger partial charge in [0.05, 0.1) is 18.9 Å². The summed E-state index contributed by atoms with van der Waals surface area (Å²) in [6.07, 6.45) is 5.00. The van der Waals surface area contributed by atoms with Gasteiger partial charge in [-0.25, -0.2) is 0 Å². The van der Waals surface area contributed by atoms with Gasteiger partial charge < -0.3 is 4.74 Å². The van der Waals surface area contributed by atoms with Crippen LogP contribution in [0.15, 0.2) is 65.7 Å². The lowest BCUT2D eigenvalue weighted by molar-refractivity contribution is 0.104. The molecule has 0 aliphatic carbocycles. The number of benzene rings is 2. The van der Waals surface area contributed by atoms with Gasteiger partial charge in [0.2, 0.25) is 0 Å². The SMILES string of the molecule is COc1cc(/C=C/C(=O)c2cnn(C)c2C)ccc1CSc1ccccc1. The minimum Gasteiger partial charge on any atom is -0.496 e. The van der Waals surface area contributed by atoms with E-state index in [1.54, 1.807) is 35.8 Å². The molecule has 0 saturated carbocycles. The Morgan fingerprint density at radius 3 is 2.67 bits per heavy atom. The van der Waals surface area contributed by atoms with Crippen molar-refractivity contribution in [1.82, 2.24) is 9.78 Å². The van der Waals surface area contributed by atoms with Crippen LogP contribution in [0.2, 0.25) is 0 Å². The second-order valence-corrected chi connectivity index (χ2v) is 7.19. The molecule has 0 aliphatic rings. The normalized spacial score (nSPS) is 11.1. The summed E-state index contributed by atoms with van der Waals surface area (Å²) in [5, 5.41) is 4.12. The van der Waals surface area contributed by atoms with Gasteiger partial charge in [0, 0.05) is 29.0 Å². The van der Waals surface area contributed by atoms with Gasteiger partial charge in [-0.1, -0.05) is 36.4 Å². The topological polar surface area (TPSA) is 44.1 Å². The Kier molecular flexibility index (Phi) is 6.14. The van der Waals surface area contributed by atoms with Crippen LogP contribution in [-0.2, 0) is 12.8 Å². The van der Waals surface area contributed by atoms with E-state index >= 15 is 0 Å². The summed E-state index contributed by atoms with van der Waals surface area (Å²) in [6.45, 7) is 1.89. The van der Waals surface area contributed by atoms with Crippen molar-refractivity contribution in [2.45, 2.75) is 17.6 Å². The molecule has 138 valence electrons. The number of aryl methyl sites for hydroxylation is 1. The summed E-state index contributed by atoms with van der Waals surface area (Å²) in [5.74, 6) is 1.60. The lowest BCUT2D eigenvalue weighted by Crippen LogP contribution is -1.98. The third-order valence-electron chi connectivity index (χ3n) is 4.38. The van der Waals surface area contributed by atoms with Crippen LogP contribution in [0.25, 0.3) is 6.08 Å². The molecule has 1 heterocycles. The Bertz CT molecular complexity index is 962. The molecule has 0 spiro atoms. The molecule has 0 saturated heterocycles. The molecule has 5 heteroatoms. The molecule has 2 aromatic carbocycles. The Hall–Kier alpha value is -2.79. The van der Waals surface area contributed by atoms with E-state index in [0.717, 1.165) is 28.3 Å². The van der Waals surface area contributed by atoms with Crippen molar-refractivity contribution in [3.63, 3.8) is 0 Å². The van der Waals surface area contributed by atoms with E-state index in [-0.39, 0.29) is 5.78 Å². The van der Waals surface area contributed by atoms with Gasteiger partial charge in [-0.2, -0.15) is 5.10 Å². The smallest absolute Gasteiger partial charge is 0.189 e. The molecule has 4 nitrogen and oxygen atoms in total. The maximum Gasteiger partial charge on any atom is 0.189 e. The number of aromatic nitrogens is 2. The third kappa shape index (κ3) is 4.68. The van der Waals surface area contributed by atoms with Gasteiger partial charge in [-0.05, 0) is 36.8 Å². The minimum atomic E-state index is -0.0525. The summed E-state index contributed by atoms with van der Waals surface area (Å²) in [4.78, 5) is 13.6. The fourth-order valence-electron chi connectivity index (χ4n) is 2.66. The fourth-order valence-corrected chi connectivity index (χ4v) is 3.57. The monoisotopic (exact) mass is 378 g/mol. The van der Waals surface area contributed by atoms with Crippen LogP contribution in [-0.4, -0.2) is 22.7 Å².